The maximum Gasteiger partial charge on any atom is 0.365 e. The minimum absolute atomic E-state index is 0.00615. The van der Waals surface area contributed by atoms with E-state index in [1.165, 1.54) is 19.9 Å². The monoisotopic (exact) mass is 460 g/mol. The van der Waals surface area contributed by atoms with Crippen molar-refractivity contribution in [3.8, 4) is 11.5 Å². The molecule has 2 aromatic carbocycles. The van der Waals surface area contributed by atoms with E-state index in [0.29, 0.717) is 10.8 Å². The largest absolute Gasteiger partial charge is 0.422 e. The smallest absolute Gasteiger partial charge is 0.365 e. The van der Waals surface area contributed by atoms with Gasteiger partial charge in [-0.25, -0.2) is 9.59 Å². The molecule has 0 atom stereocenters. The predicted octanol–water partition coefficient (Wildman–Crippen LogP) is 5.47. The summed E-state index contributed by atoms with van der Waals surface area (Å²) in [5.74, 6) is -1.26. The van der Waals surface area contributed by atoms with Crippen LogP contribution in [0.1, 0.15) is 41.5 Å². The van der Waals surface area contributed by atoms with Gasteiger partial charge in [0.1, 0.15) is 11.1 Å². The molecule has 0 fully saturated rings. The lowest BCUT2D eigenvalue weighted by atomic mass is 10.1. The standard InChI is InChI=1S/C24H29O7P/c1-14(2)23(25)28-20-13-21(32(27,30-16(5)6)31-17(7)8)22(29-24(26)15(3)4)19-12-10-9-11-18(19)20/h9-13,16-17H,1,3H2,2,4-8H3. The summed E-state index contributed by atoms with van der Waals surface area (Å²) < 4.78 is 36.6. The van der Waals surface area contributed by atoms with Crippen molar-refractivity contribution >= 4 is 35.6 Å². The molecule has 0 amide bonds. The van der Waals surface area contributed by atoms with Gasteiger partial charge in [-0.3, -0.25) is 4.57 Å². The van der Waals surface area contributed by atoms with Crippen molar-refractivity contribution in [2.24, 2.45) is 0 Å². The summed E-state index contributed by atoms with van der Waals surface area (Å²) in [5, 5.41) is 0.831. The van der Waals surface area contributed by atoms with E-state index in [2.05, 4.69) is 13.2 Å². The Morgan fingerprint density at radius 2 is 1.31 bits per heavy atom. The number of benzene rings is 2. The summed E-state index contributed by atoms with van der Waals surface area (Å²) in [6.45, 7) is 17.1. The third-order valence-electron chi connectivity index (χ3n) is 4.03. The zero-order valence-corrected chi connectivity index (χ0v) is 20.2. The molecular weight excluding hydrogens is 431 g/mol. The molecule has 32 heavy (non-hydrogen) atoms. The van der Waals surface area contributed by atoms with Crippen molar-refractivity contribution in [1.82, 2.24) is 0 Å². The molecule has 0 heterocycles. The van der Waals surface area contributed by atoms with Gasteiger partial charge in [-0.05, 0) is 41.5 Å². The molecule has 2 aromatic rings. The van der Waals surface area contributed by atoms with Crippen molar-refractivity contribution in [3.63, 3.8) is 0 Å². The van der Waals surface area contributed by atoms with Gasteiger partial charge in [0.05, 0.1) is 12.2 Å². The van der Waals surface area contributed by atoms with Crippen LogP contribution in [0.5, 0.6) is 11.5 Å². The molecule has 0 aromatic heterocycles. The Balaban J connectivity index is 2.91. The van der Waals surface area contributed by atoms with E-state index in [1.807, 2.05) is 0 Å². The van der Waals surface area contributed by atoms with Crippen molar-refractivity contribution in [2.45, 2.75) is 53.8 Å². The molecule has 0 aliphatic heterocycles. The highest BCUT2D eigenvalue weighted by molar-refractivity contribution is 7.62. The Labute approximate surface area is 188 Å². The van der Waals surface area contributed by atoms with Gasteiger partial charge in [-0.1, -0.05) is 37.4 Å². The minimum Gasteiger partial charge on any atom is -0.422 e. The number of esters is 2. The van der Waals surface area contributed by atoms with E-state index >= 15 is 0 Å². The van der Waals surface area contributed by atoms with Crippen LogP contribution in [0.3, 0.4) is 0 Å². The van der Waals surface area contributed by atoms with Gasteiger partial charge in [0.25, 0.3) is 0 Å². The second-order valence-corrected chi connectivity index (χ2v) is 9.81. The third kappa shape index (κ3) is 5.94. The Bertz CT molecular complexity index is 1100. The molecule has 0 aliphatic rings. The number of ether oxygens (including phenoxy) is 2. The topological polar surface area (TPSA) is 88.1 Å². The third-order valence-corrected chi connectivity index (χ3v) is 6.35. The normalized spacial score (nSPS) is 11.6. The highest BCUT2D eigenvalue weighted by Gasteiger charge is 2.37. The van der Waals surface area contributed by atoms with Gasteiger partial charge in [-0.15, -0.1) is 0 Å². The van der Waals surface area contributed by atoms with E-state index in [1.54, 1.807) is 52.0 Å². The second-order valence-electron chi connectivity index (χ2n) is 7.91. The van der Waals surface area contributed by atoms with Crippen LogP contribution >= 0.6 is 7.60 Å². The summed E-state index contributed by atoms with van der Waals surface area (Å²) in [5.41, 5.74) is 0.343. The lowest BCUT2D eigenvalue weighted by molar-refractivity contribution is -0.131. The van der Waals surface area contributed by atoms with Crippen LogP contribution < -0.4 is 14.8 Å². The molecule has 8 heteroatoms. The van der Waals surface area contributed by atoms with Crippen LogP contribution in [0.2, 0.25) is 0 Å². The maximum atomic E-state index is 14.0. The molecule has 0 saturated carbocycles. The van der Waals surface area contributed by atoms with E-state index in [-0.39, 0.29) is 27.9 Å². The van der Waals surface area contributed by atoms with Crippen LogP contribution in [-0.2, 0) is 23.2 Å². The van der Waals surface area contributed by atoms with Crippen LogP contribution in [0, 0.1) is 0 Å². The summed E-state index contributed by atoms with van der Waals surface area (Å²) in [4.78, 5) is 24.7. The zero-order valence-electron chi connectivity index (χ0n) is 19.3. The van der Waals surface area contributed by atoms with Crippen LogP contribution in [0.15, 0.2) is 54.6 Å². The summed E-state index contributed by atoms with van der Waals surface area (Å²) >= 11 is 0. The first-order chi connectivity index (χ1) is 14.9. The molecule has 0 saturated heterocycles. The first kappa shape index (κ1) is 25.5. The van der Waals surface area contributed by atoms with E-state index in [4.69, 9.17) is 18.5 Å². The molecule has 0 bridgehead atoms. The molecule has 0 aliphatic carbocycles. The summed E-state index contributed by atoms with van der Waals surface area (Å²) in [6.07, 6.45) is -0.950. The molecular formula is C24H29O7P. The lowest BCUT2D eigenvalue weighted by Gasteiger charge is -2.26. The molecule has 0 radical (unpaired) electrons. The van der Waals surface area contributed by atoms with Crippen LogP contribution in [-0.4, -0.2) is 24.1 Å². The van der Waals surface area contributed by atoms with Gasteiger partial charge in [0.2, 0.25) is 0 Å². The highest BCUT2D eigenvalue weighted by atomic mass is 31.2. The van der Waals surface area contributed by atoms with E-state index < -0.39 is 31.7 Å². The highest BCUT2D eigenvalue weighted by Crippen LogP contribution is 2.54. The summed E-state index contributed by atoms with van der Waals surface area (Å²) in [6, 6.07) is 8.16. The lowest BCUT2D eigenvalue weighted by Crippen LogP contribution is -2.22. The Hall–Kier alpha value is -2.73. The van der Waals surface area contributed by atoms with Crippen molar-refractivity contribution in [2.75, 3.05) is 0 Å². The number of carbonyl (C=O) groups is 2. The Morgan fingerprint density at radius 1 is 0.844 bits per heavy atom. The molecule has 2 rings (SSSR count). The Kier molecular flexibility index (Phi) is 8.18. The molecule has 0 spiro atoms. The average molecular weight is 460 g/mol. The SMILES string of the molecule is C=C(C)C(=O)Oc1cc(P(=O)(OC(C)C)OC(C)C)c(OC(=O)C(=C)C)c2ccccc12. The second kappa shape index (κ2) is 10.3. The van der Waals surface area contributed by atoms with Crippen molar-refractivity contribution in [3.05, 3.63) is 54.6 Å². The van der Waals surface area contributed by atoms with Gasteiger partial charge < -0.3 is 18.5 Å². The summed E-state index contributed by atoms with van der Waals surface area (Å²) in [7, 11) is -4.03. The number of rotatable bonds is 9. The fourth-order valence-corrected chi connectivity index (χ4v) is 4.83. The number of fused-ring (bicyclic) bond motifs is 1. The van der Waals surface area contributed by atoms with Crippen LogP contribution in [0.4, 0.5) is 0 Å². The Morgan fingerprint density at radius 3 is 1.78 bits per heavy atom. The van der Waals surface area contributed by atoms with Crippen molar-refractivity contribution < 1.29 is 32.7 Å². The zero-order chi connectivity index (χ0) is 24.2. The maximum absolute atomic E-state index is 14.0. The van der Waals surface area contributed by atoms with Crippen LogP contribution in [0.25, 0.3) is 10.8 Å². The van der Waals surface area contributed by atoms with Crippen molar-refractivity contribution in [1.29, 1.82) is 0 Å². The number of hydrogen-bond donors (Lipinski definition) is 0. The first-order valence-corrected chi connectivity index (χ1v) is 11.7. The molecule has 7 nitrogen and oxygen atoms in total. The molecule has 0 N–H and O–H groups in total. The fourth-order valence-electron chi connectivity index (χ4n) is 2.76. The average Bonchev–Trinajstić information content (AvgIpc) is 2.67. The number of hydrogen-bond acceptors (Lipinski definition) is 7. The molecule has 172 valence electrons. The predicted molar refractivity (Wildman–Crippen MR) is 125 cm³/mol. The quantitative estimate of drug-likeness (QED) is 0.212. The van der Waals surface area contributed by atoms with E-state index in [0.717, 1.165) is 0 Å². The van der Waals surface area contributed by atoms with Gasteiger partial charge >= 0.3 is 19.5 Å². The van der Waals surface area contributed by atoms with Gasteiger partial charge in [0.15, 0.2) is 5.75 Å². The van der Waals surface area contributed by atoms with E-state index in [9.17, 15) is 14.2 Å². The minimum atomic E-state index is -4.03. The van der Waals surface area contributed by atoms with Gasteiger partial charge in [-0.2, -0.15) is 0 Å². The van der Waals surface area contributed by atoms with Gasteiger partial charge in [0, 0.05) is 28.0 Å². The fraction of sp³-hybridized carbons (Fsp3) is 0.333. The number of carbonyl (C=O) groups excluding carboxylic acids is 2. The molecule has 0 unspecified atom stereocenters. The first-order valence-electron chi connectivity index (χ1n) is 10.1.